The van der Waals surface area contributed by atoms with E-state index in [9.17, 15) is 4.79 Å². The van der Waals surface area contributed by atoms with Gasteiger partial charge in [-0.2, -0.15) is 5.26 Å². The number of benzene rings is 1. The average molecular weight is 254 g/mol. The lowest BCUT2D eigenvalue weighted by molar-refractivity contribution is -0.143. The van der Waals surface area contributed by atoms with Gasteiger partial charge in [-0.05, 0) is 17.7 Å². The standard InChI is InChI=1S/C10H8BrNO2/c11-9-3-1-8(2-4-9)7-14-10(13)5-6-12/h1-4H,5,7H2. The number of hydrogen-bond donors (Lipinski definition) is 0. The van der Waals surface area contributed by atoms with E-state index in [0.29, 0.717) is 0 Å². The minimum absolute atomic E-state index is 0.198. The first kappa shape index (κ1) is 10.7. The summed E-state index contributed by atoms with van der Waals surface area (Å²) in [7, 11) is 0. The van der Waals surface area contributed by atoms with E-state index in [0.717, 1.165) is 10.0 Å². The average Bonchev–Trinajstić information content (AvgIpc) is 2.17. The Bertz CT molecular complexity index is 353. The molecule has 1 aromatic carbocycles. The third-order valence-electron chi connectivity index (χ3n) is 1.54. The lowest BCUT2D eigenvalue weighted by Crippen LogP contribution is -2.02. The van der Waals surface area contributed by atoms with E-state index in [2.05, 4.69) is 15.9 Å². The quantitative estimate of drug-likeness (QED) is 0.778. The SMILES string of the molecule is N#CCC(=O)OCc1ccc(Br)cc1. The molecular weight excluding hydrogens is 246 g/mol. The van der Waals surface area contributed by atoms with Gasteiger partial charge in [0.2, 0.25) is 0 Å². The van der Waals surface area contributed by atoms with Crippen molar-refractivity contribution in [3.8, 4) is 6.07 Å². The van der Waals surface area contributed by atoms with Crippen LogP contribution in [0.4, 0.5) is 0 Å². The molecule has 0 aromatic heterocycles. The second kappa shape index (κ2) is 5.40. The van der Waals surface area contributed by atoms with Crippen LogP contribution in [-0.4, -0.2) is 5.97 Å². The highest BCUT2D eigenvalue weighted by molar-refractivity contribution is 9.10. The fourth-order valence-electron chi connectivity index (χ4n) is 0.860. The van der Waals surface area contributed by atoms with Gasteiger partial charge in [-0.25, -0.2) is 0 Å². The molecule has 0 fully saturated rings. The summed E-state index contributed by atoms with van der Waals surface area (Å²) in [6, 6.07) is 9.17. The van der Waals surface area contributed by atoms with Crippen LogP contribution in [0.2, 0.25) is 0 Å². The van der Waals surface area contributed by atoms with Crippen molar-refractivity contribution in [1.29, 1.82) is 5.26 Å². The molecule has 1 rings (SSSR count). The van der Waals surface area contributed by atoms with Crippen molar-refractivity contribution in [2.24, 2.45) is 0 Å². The summed E-state index contributed by atoms with van der Waals surface area (Å²) >= 11 is 3.30. The van der Waals surface area contributed by atoms with E-state index in [4.69, 9.17) is 10.00 Å². The monoisotopic (exact) mass is 253 g/mol. The second-order valence-electron chi connectivity index (χ2n) is 2.62. The Labute approximate surface area is 90.4 Å². The predicted molar refractivity (Wildman–Crippen MR) is 54.2 cm³/mol. The number of nitrogens with zero attached hydrogens (tertiary/aromatic N) is 1. The molecule has 0 aliphatic rings. The molecule has 0 N–H and O–H groups in total. The first-order chi connectivity index (χ1) is 6.72. The maximum atomic E-state index is 10.8. The Morgan fingerprint density at radius 1 is 1.43 bits per heavy atom. The van der Waals surface area contributed by atoms with Crippen LogP contribution < -0.4 is 0 Å². The molecule has 0 bridgehead atoms. The molecular formula is C10H8BrNO2. The van der Waals surface area contributed by atoms with Crippen LogP contribution in [0.1, 0.15) is 12.0 Å². The molecule has 1 aromatic rings. The van der Waals surface area contributed by atoms with E-state index in [1.807, 2.05) is 24.3 Å². The third-order valence-corrected chi connectivity index (χ3v) is 2.07. The smallest absolute Gasteiger partial charge is 0.320 e. The first-order valence-electron chi connectivity index (χ1n) is 3.99. The summed E-state index contributed by atoms with van der Waals surface area (Å²) < 4.78 is 5.81. The number of rotatable bonds is 3. The second-order valence-corrected chi connectivity index (χ2v) is 3.54. The maximum absolute atomic E-state index is 10.8. The third kappa shape index (κ3) is 3.58. The molecule has 0 spiro atoms. The van der Waals surface area contributed by atoms with Gasteiger partial charge in [0.25, 0.3) is 0 Å². The summed E-state index contributed by atoms with van der Waals surface area (Å²) in [5.41, 5.74) is 0.902. The van der Waals surface area contributed by atoms with Crippen molar-refractivity contribution >= 4 is 21.9 Å². The van der Waals surface area contributed by atoms with Crippen molar-refractivity contribution in [1.82, 2.24) is 0 Å². The van der Waals surface area contributed by atoms with Crippen LogP contribution >= 0.6 is 15.9 Å². The molecule has 0 saturated heterocycles. The minimum Gasteiger partial charge on any atom is -0.460 e. The number of carbonyl (C=O) groups excluding carboxylic acids is 1. The number of ether oxygens (including phenoxy) is 1. The number of carbonyl (C=O) groups is 1. The number of esters is 1. The Kier molecular flexibility index (Phi) is 4.14. The number of nitriles is 1. The molecule has 0 aliphatic carbocycles. The zero-order valence-corrected chi connectivity index (χ0v) is 8.95. The van der Waals surface area contributed by atoms with Gasteiger partial charge in [0.05, 0.1) is 6.07 Å². The highest BCUT2D eigenvalue weighted by Crippen LogP contribution is 2.11. The molecule has 0 radical (unpaired) electrons. The van der Waals surface area contributed by atoms with Crippen LogP contribution in [0, 0.1) is 11.3 Å². The van der Waals surface area contributed by atoms with E-state index in [1.54, 1.807) is 6.07 Å². The van der Waals surface area contributed by atoms with Gasteiger partial charge in [0.1, 0.15) is 13.0 Å². The molecule has 0 saturated carbocycles. The van der Waals surface area contributed by atoms with E-state index >= 15 is 0 Å². The van der Waals surface area contributed by atoms with Crippen LogP contribution in [0.15, 0.2) is 28.7 Å². The van der Waals surface area contributed by atoms with Crippen molar-refractivity contribution in [3.63, 3.8) is 0 Å². The van der Waals surface area contributed by atoms with Crippen molar-refractivity contribution in [2.75, 3.05) is 0 Å². The summed E-state index contributed by atoms with van der Waals surface area (Å²) in [5.74, 6) is -0.490. The van der Waals surface area contributed by atoms with Crippen molar-refractivity contribution < 1.29 is 9.53 Å². The van der Waals surface area contributed by atoms with Crippen LogP contribution in [0.3, 0.4) is 0 Å². The Morgan fingerprint density at radius 3 is 2.64 bits per heavy atom. The Hall–Kier alpha value is -1.34. The van der Waals surface area contributed by atoms with Crippen LogP contribution in [0.5, 0.6) is 0 Å². The number of hydrogen-bond acceptors (Lipinski definition) is 3. The van der Waals surface area contributed by atoms with Gasteiger partial charge in [-0.3, -0.25) is 4.79 Å². The van der Waals surface area contributed by atoms with Crippen molar-refractivity contribution in [2.45, 2.75) is 13.0 Å². The summed E-state index contributed by atoms with van der Waals surface area (Å²) in [4.78, 5) is 10.8. The molecule has 0 unspecified atom stereocenters. The molecule has 0 amide bonds. The Morgan fingerprint density at radius 2 is 2.07 bits per heavy atom. The summed E-state index contributed by atoms with van der Waals surface area (Å²) in [6.07, 6.45) is -0.198. The molecule has 0 aliphatic heterocycles. The highest BCUT2D eigenvalue weighted by Gasteiger charge is 2.01. The lowest BCUT2D eigenvalue weighted by atomic mass is 10.2. The van der Waals surface area contributed by atoms with Crippen LogP contribution in [0.25, 0.3) is 0 Å². The maximum Gasteiger partial charge on any atom is 0.320 e. The van der Waals surface area contributed by atoms with Crippen LogP contribution in [-0.2, 0) is 16.1 Å². The van der Waals surface area contributed by atoms with Crippen molar-refractivity contribution in [3.05, 3.63) is 34.3 Å². The van der Waals surface area contributed by atoms with E-state index in [1.165, 1.54) is 0 Å². The highest BCUT2D eigenvalue weighted by atomic mass is 79.9. The van der Waals surface area contributed by atoms with E-state index in [-0.39, 0.29) is 13.0 Å². The number of halogens is 1. The molecule has 14 heavy (non-hydrogen) atoms. The molecule has 0 heterocycles. The zero-order valence-electron chi connectivity index (χ0n) is 7.37. The first-order valence-corrected chi connectivity index (χ1v) is 4.78. The van der Waals surface area contributed by atoms with Gasteiger partial charge >= 0.3 is 5.97 Å². The molecule has 72 valence electrons. The van der Waals surface area contributed by atoms with Gasteiger partial charge in [0.15, 0.2) is 0 Å². The topological polar surface area (TPSA) is 50.1 Å². The largest absolute Gasteiger partial charge is 0.460 e. The Balaban J connectivity index is 2.43. The van der Waals surface area contributed by atoms with Gasteiger partial charge in [0, 0.05) is 4.47 Å². The molecule has 4 heteroatoms. The lowest BCUT2D eigenvalue weighted by Gasteiger charge is -2.02. The van der Waals surface area contributed by atoms with Gasteiger partial charge in [-0.15, -0.1) is 0 Å². The minimum atomic E-state index is -0.490. The van der Waals surface area contributed by atoms with Gasteiger partial charge in [-0.1, -0.05) is 28.1 Å². The van der Waals surface area contributed by atoms with E-state index < -0.39 is 5.97 Å². The normalized spacial score (nSPS) is 9.14. The fourth-order valence-corrected chi connectivity index (χ4v) is 1.12. The molecule has 0 atom stereocenters. The van der Waals surface area contributed by atoms with Gasteiger partial charge < -0.3 is 4.74 Å². The predicted octanol–water partition coefficient (Wildman–Crippen LogP) is 2.41. The summed E-state index contributed by atoms with van der Waals surface area (Å²) in [5, 5.41) is 8.21. The fraction of sp³-hybridized carbons (Fsp3) is 0.200. The zero-order chi connectivity index (χ0) is 10.4. The summed E-state index contributed by atoms with van der Waals surface area (Å²) in [6.45, 7) is 0.216. The molecule has 3 nitrogen and oxygen atoms in total.